The van der Waals surface area contributed by atoms with Gasteiger partial charge in [-0.05, 0) is 63.2 Å². The Hall–Kier alpha value is -2.64. The summed E-state index contributed by atoms with van der Waals surface area (Å²) >= 11 is 1.57. The first-order chi connectivity index (χ1) is 15.4. The van der Waals surface area contributed by atoms with E-state index in [1.807, 2.05) is 31.2 Å². The highest BCUT2D eigenvalue weighted by molar-refractivity contribution is 7.22. The maximum Gasteiger partial charge on any atom is 0.273 e. The number of hydrogen-bond acceptors (Lipinski definition) is 6. The number of para-hydroxylation sites is 2. The summed E-state index contributed by atoms with van der Waals surface area (Å²) in [6, 6.07) is 11.7. The first kappa shape index (κ1) is 22.6. The summed E-state index contributed by atoms with van der Waals surface area (Å²) in [4.78, 5) is 22.8. The van der Waals surface area contributed by atoms with Crippen LogP contribution in [0.15, 0.2) is 36.4 Å². The highest BCUT2D eigenvalue weighted by atomic mass is 32.1. The summed E-state index contributed by atoms with van der Waals surface area (Å²) in [5.74, 6) is 1.15. The van der Waals surface area contributed by atoms with Crippen LogP contribution in [0, 0.1) is 13.8 Å². The zero-order chi connectivity index (χ0) is 22.8. The largest absolute Gasteiger partial charge is 0.482 e. The maximum absolute atomic E-state index is 13.8. The van der Waals surface area contributed by atoms with Gasteiger partial charge >= 0.3 is 0 Å². The number of nitrogens with zero attached hydrogens (tertiary/aromatic N) is 3. The van der Waals surface area contributed by atoms with Gasteiger partial charge in [0.2, 0.25) is 6.10 Å². The summed E-state index contributed by atoms with van der Waals surface area (Å²) in [6.45, 7) is 13.5. The van der Waals surface area contributed by atoms with Crippen LogP contribution >= 0.6 is 11.3 Å². The number of aromatic nitrogens is 1. The van der Waals surface area contributed by atoms with E-state index in [1.165, 1.54) is 11.1 Å². The first-order valence-electron chi connectivity index (χ1n) is 11.2. The molecule has 2 heterocycles. The monoisotopic (exact) mass is 453 g/mol. The van der Waals surface area contributed by atoms with Gasteiger partial charge in [-0.25, -0.2) is 4.98 Å². The topological polar surface area (TPSA) is 54.9 Å². The van der Waals surface area contributed by atoms with Crippen molar-refractivity contribution < 1.29 is 14.3 Å². The van der Waals surface area contributed by atoms with Crippen LogP contribution in [-0.4, -0.2) is 54.2 Å². The molecule has 0 aliphatic carbocycles. The lowest BCUT2D eigenvalue weighted by Gasteiger charge is -2.34. The molecule has 2 unspecified atom stereocenters. The third-order valence-corrected chi connectivity index (χ3v) is 7.16. The van der Waals surface area contributed by atoms with Crippen LogP contribution in [0.25, 0.3) is 10.2 Å². The van der Waals surface area contributed by atoms with Gasteiger partial charge in [0.25, 0.3) is 5.91 Å². The normalized spacial score (nSPS) is 17.7. The zero-order valence-electron chi connectivity index (χ0n) is 19.4. The molecule has 3 aromatic rings. The minimum atomic E-state index is -0.726. The molecule has 0 radical (unpaired) electrons. The van der Waals surface area contributed by atoms with Crippen LogP contribution in [0.2, 0.25) is 0 Å². The minimum absolute atomic E-state index is 0.118. The number of amides is 1. The van der Waals surface area contributed by atoms with Gasteiger partial charge in [0, 0.05) is 13.1 Å². The summed E-state index contributed by atoms with van der Waals surface area (Å²) < 4.78 is 13.3. The lowest BCUT2D eigenvalue weighted by molar-refractivity contribution is -0.130. The fourth-order valence-corrected chi connectivity index (χ4v) is 5.15. The van der Waals surface area contributed by atoms with Gasteiger partial charge in [-0.15, -0.1) is 0 Å². The molecule has 0 N–H and O–H groups in total. The van der Waals surface area contributed by atoms with Gasteiger partial charge in [0.05, 0.1) is 10.2 Å². The van der Waals surface area contributed by atoms with Crippen LogP contribution in [-0.2, 0) is 4.79 Å². The van der Waals surface area contributed by atoms with E-state index in [2.05, 4.69) is 44.7 Å². The molecular formula is C25H31N3O3S. The standard InChI is InChI=1S/C25H31N3O3S/c1-6-27(7-2)12-13-28(25-26-19-15-16(3)14-17(4)23(19)32-25)24(29)22-18(5)30-20-10-8-9-11-21(20)31-22/h8-11,14-15,18,22H,6-7,12-13H2,1-5H3. The first-order valence-corrected chi connectivity index (χ1v) is 12.1. The van der Waals surface area contributed by atoms with Crippen molar-refractivity contribution in [2.45, 2.75) is 46.8 Å². The Morgan fingerprint density at radius 3 is 2.44 bits per heavy atom. The van der Waals surface area contributed by atoms with E-state index >= 15 is 0 Å². The van der Waals surface area contributed by atoms with Gasteiger partial charge in [-0.2, -0.15) is 0 Å². The number of ether oxygens (including phenoxy) is 2. The van der Waals surface area contributed by atoms with E-state index in [0.717, 1.165) is 29.9 Å². The van der Waals surface area contributed by atoms with E-state index in [9.17, 15) is 4.79 Å². The summed E-state index contributed by atoms with van der Waals surface area (Å²) in [5, 5.41) is 0.709. The van der Waals surface area contributed by atoms with Gasteiger partial charge in [0.1, 0.15) is 6.10 Å². The lowest BCUT2D eigenvalue weighted by atomic mass is 10.1. The summed E-state index contributed by atoms with van der Waals surface area (Å²) in [5.41, 5.74) is 3.28. The quantitative estimate of drug-likeness (QED) is 0.514. The second kappa shape index (κ2) is 9.46. The van der Waals surface area contributed by atoms with Crippen LogP contribution < -0.4 is 14.4 Å². The molecule has 1 aliphatic heterocycles. The van der Waals surface area contributed by atoms with Crippen molar-refractivity contribution in [3.63, 3.8) is 0 Å². The van der Waals surface area contributed by atoms with E-state index in [4.69, 9.17) is 14.5 Å². The lowest BCUT2D eigenvalue weighted by Crippen LogP contribution is -2.52. The predicted molar refractivity (Wildman–Crippen MR) is 130 cm³/mol. The third-order valence-electron chi connectivity index (χ3n) is 5.93. The van der Waals surface area contributed by atoms with Gasteiger partial charge in [0.15, 0.2) is 16.6 Å². The average Bonchev–Trinajstić information content (AvgIpc) is 3.20. The predicted octanol–water partition coefficient (Wildman–Crippen LogP) is 4.82. The minimum Gasteiger partial charge on any atom is -0.482 e. The highest BCUT2D eigenvalue weighted by Gasteiger charge is 2.38. The maximum atomic E-state index is 13.8. The molecule has 170 valence electrons. The number of likely N-dealkylation sites (N-methyl/N-ethyl adjacent to an activating group) is 1. The molecule has 0 spiro atoms. The van der Waals surface area contributed by atoms with Crippen LogP contribution in [0.5, 0.6) is 11.5 Å². The Labute approximate surface area is 193 Å². The van der Waals surface area contributed by atoms with Crippen LogP contribution in [0.1, 0.15) is 31.9 Å². The van der Waals surface area contributed by atoms with E-state index in [1.54, 1.807) is 16.2 Å². The van der Waals surface area contributed by atoms with Crippen molar-refractivity contribution >= 4 is 32.6 Å². The molecule has 1 aliphatic rings. The molecule has 0 bridgehead atoms. The zero-order valence-corrected chi connectivity index (χ0v) is 20.2. The number of aryl methyl sites for hydroxylation is 2. The molecule has 1 amide bonds. The van der Waals surface area contributed by atoms with E-state index < -0.39 is 12.2 Å². The van der Waals surface area contributed by atoms with Crippen molar-refractivity contribution in [3.8, 4) is 11.5 Å². The van der Waals surface area contributed by atoms with E-state index in [-0.39, 0.29) is 5.91 Å². The Kier molecular flexibility index (Phi) is 6.67. The van der Waals surface area contributed by atoms with Crippen LogP contribution in [0.3, 0.4) is 0 Å². The Bertz CT molecular complexity index is 1110. The molecule has 0 saturated carbocycles. The fourth-order valence-electron chi connectivity index (χ4n) is 4.11. The molecule has 32 heavy (non-hydrogen) atoms. The number of rotatable bonds is 7. The molecule has 1 aromatic heterocycles. The van der Waals surface area contributed by atoms with Crippen molar-refractivity contribution in [2.75, 3.05) is 31.1 Å². The van der Waals surface area contributed by atoms with E-state index in [0.29, 0.717) is 23.2 Å². The molecule has 2 atom stereocenters. The van der Waals surface area contributed by atoms with Crippen LogP contribution in [0.4, 0.5) is 5.13 Å². The number of benzene rings is 2. The number of hydrogen-bond donors (Lipinski definition) is 0. The van der Waals surface area contributed by atoms with Crippen molar-refractivity contribution in [3.05, 3.63) is 47.5 Å². The molecule has 6 nitrogen and oxygen atoms in total. The van der Waals surface area contributed by atoms with Crippen molar-refractivity contribution in [1.82, 2.24) is 9.88 Å². The second-order valence-corrected chi connectivity index (χ2v) is 9.23. The SMILES string of the molecule is CCN(CC)CCN(C(=O)C1Oc2ccccc2OC1C)c1nc2cc(C)cc(C)c2s1. The Balaban J connectivity index is 1.68. The molecular weight excluding hydrogens is 422 g/mol. The van der Waals surface area contributed by atoms with Gasteiger partial charge in [-0.1, -0.05) is 43.4 Å². The van der Waals surface area contributed by atoms with Gasteiger partial charge < -0.3 is 14.4 Å². The Morgan fingerprint density at radius 1 is 1.06 bits per heavy atom. The number of anilines is 1. The summed E-state index contributed by atoms with van der Waals surface area (Å²) in [7, 11) is 0. The number of carbonyl (C=O) groups is 1. The van der Waals surface area contributed by atoms with Crippen molar-refractivity contribution in [2.24, 2.45) is 0 Å². The second-order valence-electron chi connectivity index (χ2n) is 8.25. The molecule has 2 aromatic carbocycles. The molecule has 0 saturated heterocycles. The number of carbonyl (C=O) groups excluding carboxylic acids is 1. The molecule has 4 rings (SSSR count). The Morgan fingerprint density at radius 2 is 1.75 bits per heavy atom. The highest BCUT2D eigenvalue weighted by Crippen LogP contribution is 2.36. The smallest absolute Gasteiger partial charge is 0.273 e. The summed E-state index contributed by atoms with van der Waals surface area (Å²) in [6.07, 6.45) is -1.12. The van der Waals surface area contributed by atoms with Crippen molar-refractivity contribution in [1.29, 1.82) is 0 Å². The average molecular weight is 454 g/mol. The van der Waals surface area contributed by atoms with Gasteiger partial charge in [-0.3, -0.25) is 9.69 Å². The fraction of sp³-hybridized carbons (Fsp3) is 0.440. The molecule has 7 heteroatoms. The number of fused-ring (bicyclic) bond motifs is 2. The number of thiazole rings is 1. The third kappa shape index (κ3) is 4.45. The molecule has 0 fully saturated rings.